The number of aromatic nitrogens is 1. The fraction of sp³-hybridized carbons (Fsp3) is 0.118. The topological polar surface area (TPSA) is 80.1 Å². The lowest BCUT2D eigenvalue weighted by molar-refractivity contribution is 0.0993. The van der Waals surface area contributed by atoms with Crippen LogP contribution in [0.15, 0.2) is 51.2 Å². The Hall–Kier alpha value is -3.33. The molecule has 0 radical (unpaired) electrons. The molecule has 0 aliphatic rings. The molecule has 114 valence electrons. The standard InChI is InChI=1S/C17H13N3O3/c1-3-9-20-14-7-5-4-6-13(14)15(17(20)22)18-19-16(21)12-8-10-23-11(12)2/h1,4-8,10,22H,9H2,2H3. The Morgan fingerprint density at radius 1 is 1.39 bits per heavy atom. The lowest BCUT2D eigenvalue weighted by Gasteiger charge is -2.00. The fourth-order valence-electron chi connectivity index (χ4n) is 2.38. The second-order valence-corrected chi connectivity index (χ2v) is 4.88. The predicted octanol–water partition coefficient (Wildman–Crippen LogP) is 3.81. The van der Waals surface area contributed by atoms with E-state index < -0.39 is 5.91 Å². The summed E-state index contributed by atoms with van der Waals surface area (Å²) < 4.78 is 6.61. The number of benzene rings is 1. The summed E-state index contributed by atoms with van der Waals surface area (Å²) in [6, 6.07) is 8.76. The Morgan fingerprint density at radius 2 is 2.17 bits per heavy atom. The first-order valence-electron chi connectivity index (χ1n) is 6.87. The number of para-hydroxylation sites is 1. The van der Waals surface area contributed by atoms with Gasteiger partial charge in [0, 0.05) is 5.39 Å². The van der Waals surface area contributed by atoms with Gasteiger partial charge in [-0.05, 0) is 19.1 Å². The summed E-state index contributed by atoms with van der Waals surface area (Å²) in [5.74, 6) is 2.28. The molecule has 1 N–H and O–H groups in total. The monoisotopic (exact) mass is 307 g/mol. The minimum absolute atomic E-state index is 0.121. The number of hydrogen-bond acceptors (Lipinski definition) is 4. The highest BCUT2D eigenvalue weighted by Crippen LogP contribution is 2.38. The molecule has 2 heterocycles. The smallest absolute Gasteiger partial charge is 0.298 e. The van der Waals surface area contributed by atoms with E-state index in [4.69, 9.17) is 10.8 Å². The van der Waals surface area contributed by atoms with Crippen LogP contribution < -0.4 is 0 Å². The average Bonchev–Trinajstić information content (AvgIpc) is 3.09. The summed E-state index contributed by atoms with van der Waals surface area (Å²) in [6.45, 7) is 1.86. The zero-order chi connectivity index (χ0) is 16.4. The van der Waals surface area contributed by atoms with Crippen molar-refractivity contribution in [2.45, 2.75) is 13.5 Å². The van der Waals surface area contributed by atoms with Gasteiger partial charge in [0.25, 0.3) is 5.91 Å². The van der Waals surface area contributed by atoms with Gasteiger partial charge in [0.05, 0.1) is 23.9 Å². The highest BCUT2D eigenvalue weighted by Gasteiger charge is 2.17. The maximum atomic E-state index is 12.0. The molecule has 0 bridgehead atoms. The molecule has 0 unspecified atom stereocenters. The first-order chi connectivity index (χ1) is 11.1. The summed E-state index contributed by atoms with van der Waals surface area (Å²) in [7, 11) is 0. The second kappa shape index (κ2) is 5.81. The molecule has 23 heavy (non-hydrogen) atoms. The number of carbonyl (C=O) groups is 1. The number of amides is 1. The zero-order valence-corrected chi connectivity index (χ0v) is 12.4. The molecule has 3 aromatic rings. The maximum absolute atomic E-state index is 12.0. The van der Waals surface area contributed by atoms with E-state index in [1.807, 2.05) is 18.2 Å². The summed E-state index contributed by atoms with van der Waals surface area (Å²) in [6.07, 6.45) is 6.74. The summed E-state index contributed by atoms with van der Waals surface area (Å²) in [4.78, 5) is 12.0. The maximum Gasteiger partial charge on any atom is 0.298 e. The molecular formula is C17H13N3O3. The van der Waals surface area contributed by atoms with Gasteiger partial charge in [-0.3, -0.25) is 9.36 Å². The van der Waals surface area contributed by atoms with Gasteiger partial charge < -0.3 is 9.52 Å². The minimum Gasteiger partial charge on any atom is -0.493 e. The Kier molecular flexibility index (Phi) is 3.69. The third-order valence-electron chi connectivity index (χ3n) is 3.50. The van der Waals surface area contributed by atoms with E-state index in [1.165, 1.54) is 16.9 Å². The van der Waals surface area contributed by atoms with Crippen LogP contribution in [-0.2, 0) is 6.54 Å². The molecule has 3 rings (SSSR count). The van der Waals surface area contributed by atoms with Crippen LogP contribution in [0.3, 0.4) is 0 Å². The van der Waals surface area contributed by atoms with Gasteiger partial charge in [0.2, 0.25) is 5.88 Å². The van der Waals surface area contributed by atoms with Gasteiger partial charge >= 0.3 is 0 Å². The summed E-state index contributed by atoms with van der Waals surface area (Å²) >= 11 is 0. The molecule has 0 fully saturated rings. The normalized spacial score (nSPS) is 11.1. The first-order valence-corrected chi connectivity index (χ1v) is 6.87. The molecule has 6 nitrogen and oxygen atoms in total. The van der Waals surface area contributed by atoms with Crippen molar-refractivity contribution in [3.8, 4) is 18.2 Å². The molecule has 0 atom stereocenters. The van der Waals surface area contributed by atoms with Crippen LogP contribution in [0.1, 0.15) is 16.1 Å². The number of hydrogen-bond donors (Lipinski definition) is 1. The van der Waals surface area contributed by atoms with Crippen LogP contribution in [0.5, 0.6) is 5.88 Å². The first kappa shape index (κ1) is 14.6. The molecule has 0 saturated heterocycles. The quantitative estimate of drug-likeness (QED) is 0.590. The molecule has 2 aromatic heterocycles. The molecule has 0 aliphatic carbocycles. The summed E-state index contributed by atoms with van der Waals surface area (Å²) in [5, 5.41) is 18.6. The third-order valence-corrected chi connectivity index (χ3v) is 3.50. The van der Waals surface area contributed by atoms with Crippen LogP contribution in [-0.4, -0.2) is 15.6 Å². The van der Waals surface area contributed by atoms with Crippen LogP contribution in [0.25, 0.3) is 10.9 Å². The number of nitrogens with zero attached hydrogens (tertiary/aromatic N) is 3. The van der Waals surface area contributed by atoms with Crippen LogP contribution in [0, 0.1) is 19.3 Å². The van der Waals surface area contributed by atoms with Gasteiger partial charge in [0.15, 0.2) is 5.69 Å². The number of rotatable bonds is 3. The van der Waals surface area contributed by atoms with Crippen molar-refractivity contribution in [1.82, 2.24) is 4.57 Å². The largest absolute Gasteiger partial charge is 0.493 e. The lowest BCUT2D eigenvalue weighted by Crippen LogP contribution is -1.94. The van der Waals surface area contributed by atoms with Crippen molar-refractivity contribution >= 4 is 22.5 Å². The molecule has 0 saturated carbocycles. The van der Waals surface area contributed by atoms with Crippen molar-refractivity contribution in [3.05, 3.63) is 47.9 Å². The Balaban J connectivity index is 2.05. The number of aromatic hydroxyl groups is 1. The summed E-state index contributed by atoms with van der Waals surface area (Å²) in [5.41, 5.74) is 1.27. The third kappa shape index (κ3) is 2.49. The molecule has 1 amide bonds. The second-order valence-electron chi connectivity index (χ2n) is 4.88. The Morgan fingerprint density at radius 3 is 2.87 bits per heavy atom. The molecule has 6 heteroatoms. The molecule has 0 spiro atoms. The molecule has 1 aromatic carbocycles. The highest BCUT2D eigenvalue weighted by atomic mass is 16.3. The van der Waals surface area contributed by atoms with E-state index >= 15 is 0 Å². The van der Waals surface area contributed by atoms with Crippen LogP contribution in [0.2, 0.25) is 0 Å². The van der Waals surface area contributed by atoms with E-state index in [0.29, 0.717) is 16.7 Å². The highest BCUT2D eigenvalue weighted by molar-refractivity contribution is 5.97. The van der Waals surface area contributed by atoms with Gasteiger partial charge in [-0.2, -0.15) is 0 Å². The number of furan rings is 1. The number of terminal acetylenes is 1. The van der Waals surface area contributed by atoms with E-state index in [2.05, 4.69) is 16.1 Å². The lowest BCUT2D eigenvalue weighted by atomic mass is 10.2. The van der Waals surface area contributed by atoms with Gasteiger partial charge in [-0.25, -0.2) is 0 Å². The van der Waals surface area contributed by atoms with E-state index in [-0.39, 0.29) is 18.1 Å². The van der Waals surface area contributed by atoms with E-state index in [0.717, 1.165) is 5.52 Å². The van der Waals surface area contributed by atoms with E-state index in [9.17, 15) is 9.90 Å². The van der Waals surface area contributed by atoms with Crippen LogP contribution >= 0.6 is 0 Å². The van der Waals surface area contributed by atoms with Crippen LogP contribution in [0.4, 0.5) is 5.69 Å². The molecule has 0 aliphatic heterocycles. The van der Waals surface area contributed by atoms with Crippen molar-refractivity contribution in [2.24, 2.45) is 10.2 Å². The number of aryl methyl sites for hydroxylation is 1. The van der Waals surface area contributed by atoms with E-state index in [1.54, 1.807) is 13.0 Å². The number of fused-ring (bicyclic) bond motifs is 1. The Labute approximate surface area is 132 Å². The predicted molar refractivity (Wildman–Crippen MR) is 84.7 cm³/mol. The number of carbonyl (C=O) groups excluding carboxylic acids is 1. The number of azo groups is 1. The van der Waals surface area contributed by atoms with Gasteiger partial charge in [-0.1, -0.05) is 24.1 Å². The zero-order valence-electron chi connectivity index (χ0n) is 12.4. The minimum atomic E-state index is -0.538. The van der Waals surface area contributed by atoms with Crippen molar-refractivity contribution in [2.75, 3.05) is 0 Å². The molecular weight excluding hydrogens is 294 g/mol. The van der Waals surface area contributed by atoms with Crippen molar-refractivity contribution in [1.29, 1.82) is 0 Å². The van der Waals surface area contributed by atoms with Crippen molar-refractivity contribution in [3.63, 3.8) is 0 Å². The average molecular weight is 307 g/mol. The Bertz CT molecular complexity index is 957. The van der Waals surface area contributed by atoms with Crippen molar-refractivity contribution < 1.29 is 14.3 Å². The SMILES string of the molecule is C#CCn1c(O)c(N=NC(=O)c2ccoc2C)c2ccccc21. The van der Waals surface area contributed by atoms with Gasteiger partial charge in [0.1, 0.15) is 5.76 Å². The fourth-order valence-corrected chi connectivity index (χ4v) is 2.38. The van der Waals surface area contributed by atoms with Gasteiger partial charge in [-0.15, -0.1) is 16.7 Å².